The maximum absolute atomic E-state index is 5.84. The van der Waals surface area contributed by atoms with Crippen LogP contribution in [-0.2, 0) is 0 Å². The van der Waals surface area contributed by atoms with E-state index in [4.69, 9.17) is 23.2 Å². The summed E-state index contributed by atoms with van der Waals surface area (Å²) < 4.78 is 0. The predicted molar refractivity (Wildman–Crippen MR) is 67.9 cm³/mol. The van der Waals surface area contributed by atoms with Crippen LogP contribution in [0.15, 0.2) is 24.3 Å². The van der Waals surface area contributed by atoms with E-state index in [1.165, 1.54) is 5.56 Å². The summed E-state index contributed by atoms with van der Waals surface area (Å²) in [6.45, 7) is 0. The van der Waals surface area contributed by atoms with Crippen molar-refractivity contribution in [1.82, 2.24) is 0 Å². The van der Waals surface area contributed by atoms with E-state index in [2.05, 4.69) is 28.1 Å². The topological polar surface area (TPSA) is 0 Å². The van der Waals surface area contributed by atoms with Gasteiger partial charge in [0.15, 0.2) is 0 Å². The monoisotopic (exact) mass is 294 g/mol. The summed E-state index contributed by atoms with van der Waals surface area (Å²) in [5.41, 5.74) is 1.33. The molecule has 0 N–H and O–H groups in total. The fourth-order valence-electron chi connectivity index (χ4n) is 1.48. The van der Waals surface area contributed by atoms with Gasteiger partial charge in [-0.2, -0.15) is 0 Å². The van der Waals surface area contributed by atoms with E-state index >= 15 is 0 Å². The summed E-state index contributed by atoms with van der Waals surface area (Å²) in [5, 5.41) is 1.80. The first-order valence-electron chi connectivity index (χ1n) is 4.65. The van der Waals surface area contributed by atoms with E-state index in [0.29, 0.717) is 11.8 Å². The minimum atomic E-state index is 0.546. The van der Waals surface area contributed by atoms with E-state index in [-0.39, 0.29) is 0 Å². The average molecular weight is 296 g/mol. The van der Waals surface area contributed by atoms with E-state index < -0.39 is 0 Å². The minimum Gasteiger partial charge on any atom is -0.127 e. The molecule has 0 aromatic heterocycles. The van der Waals surface area contributed by atoms with E-state index in [0.717, 1.165) is 23.2 Å². The van der Waals surface area contributed by atoms with Crippen molar-refractivity contribution in [1.29, 1.82) is 0 Å². The van der Waals surface area contributed by atoms with E-state index in [9.17, 15) is 0 Å². The molecule has 78 valence electrons. The van der Waals surface area contributed by atoms with Crippen molar-refractivity contribution in [3.8, 4) is 0 Å². The van der Waals surface area contributed by atoms with Crippen molar-refractivity contribution in [3.05, 3.63) is 34.9 Å². The largest absolute Gasteiger partial charge is 0.127 e. The van der Waals surface area contributed by atoms with Crippen LogP contribution >= 0.6 is 39.1 Å². The van der Waals surface area contributed by atoms with E-state index in [1.54, 1.807) is 0 Å². The molecule has 1 unspecified atom stereocenters. The standard InChI is InChI=1S/C11H13BrCl2/c12-7-5-10(6-8-13)9-1-3-11(14)4-2-9/h1-4,10H,5-8H2. The third-order valence-electron chi connectivity index (χ3n) is 2.26. The molecule has 1 aromatic rings. The first-order valence-corrected chi connectivity index (χ1v) is 6.68. The van der Waals surface area contributed by atoms with Gasteiger partial charge in [-0.3, -0.25) is 0 Å². The molecular formula is C11H13BrCl2. The third-order valence-corrected chi connectivity index (χ3v) is 3.18. The molecule has 1 rings (SSSR count). The van der Waals surface area contributed by atoms with Crippen molar-refractivity contribution in [2.45, 2.75) is 18.8 Å². The molecule has 0 radical (unpaired) electrons. The number of halogens is 3. The average Bonchev–Trinajstić information content (AvgIpc) is 2.19. The molecule has 3 heteroatoms. The highest BCUT2D eigenvalue weighted by molar-refractivity contribution is 9.09. The number of rotatable bonds is 5. The summed E-state index contributed by atoms with van der Waals surface area (Å²) in [6, 6.07) is 8.04. The SMILES string of the molecule is ClCCC(CCBr)c1ccc(Cl)cc1. The summed E-state index contributed by atoms with van der Waals surface area (Å²) in [6.07, 6.45) is 2.14. The Kier molecular flexibility index (Phi) is 5.92. The van der Waals surface area contributed by atoms with Crippen LogP contribution in [0.5, 0.6) is 0 Å². The molecule has 0 aliphatic rings. The molecule has 0 nitrogen and oxygen atoms in total. The van der Waals surface area contributed by atoms with Gasteiger partial charge in [0.2, 0.25) is 0 Å². The maximum atomic E-state index is 5.84. The molecule has 0 fully saturated rings. The molecule has 0 aliphatic heterocycles. The zero-order valence-electron chi connectivity index (χ0n) is 7.85. The molecule has 1 atom stereocenters. The van der Waals surface area contributed by atoms with Gasteiger partial charge in [-0.1, -0.05) is 39.7 Å². The van der Waals surface area contributed by atoms with Crippen LogP contribution in [0.2, 0.25) is 5.02 Å². The first kappa shape index (κ1) is 12.4. The Labute approximate surface area is 104 Å². The molecular weight excluding hydrogens is 283 g/mol. The highest BCUT2D eigenvalue weighted by Crippen LogP contribution is 2.25. The second-order valence-electron chi connectivity index (χ2n) is 3.20. The van der Waals surface area contributed by atoms with Gasteiger partial charge >= 0.3 is 0 Å². The van der Waals surface area contributed by atoms with Crippen molar-refractivity contribution in [3.63, 3.8) is 0 Å². The van der Waals surface area contributed by atoms with Crippen LogP contribution in [0.3, 0.4) is 0 Å². The highest BCUT2D eigenvalue weighted by atomic mass is 79.9. The van der Waals surface area contributed by atoms with Gasteiger partial charge in [-0.15, -0.1) is 11.6 Å². The molecule has 0 saturated heterocycles. The summed E-state index contributed by atoms with van der Waals surface area (Å²) in [5.74, 6) is 1.25. The molecule has 0 amide bonds. The zero-order valence-corrected chi connectivity index (χ0v) is 10.9. The lowest BCUT2D eigenvalue weighted by atomic mass is 9.94. The van der Waals surface area contributed by atoms with Crippen molar-refractivity contribution < 1.29 is 0 Å². The maximum Gasteiger partial charge on any atom is 0.0406 e. The Hall–Kier alpha value is 0.280. The lowest BCUT2D eigenvalue weighted by Crippen LogP contribution is -2.00. The number of hydrogen-bond donors (Lipinski definition) is 0. The molecule has 1 aromatic carbocycles. The van der Waals surface area contributed by atoms with Gasteiger partial charge < -0.3 is 0 Å². The summed E-state index contributed by atoms with van der Waals surface area (Å²) in [7, 11) is 0. The number of alkyl halides is 2. The summed E-state index contributed by atoms with van der Waals surface area (Å²) >= 11 is 15.1. The second kappa shape index (κ2) is 6.71. The third kappa shape index (κ3) is 3.80. The molecule has 0 bridgehead atoms. The van der Waals surface area contributed by atoms with Crippen LogP contribution in [0, 0.1) is 0 Å². The molecule has 0 heterocycles. The van der Waals surface area contributed by atoms with Crippen molar-refractivity contribution in [2.24, 2.45) is 0 Å². The lowest BCUT2D eigenvalue weighted by Gasteiger charge is -2.14. The second-order valence-corrected chi connectivity index (χ2v) is 4.81. The molecule has 0 aliphatic carbocycles. The Morgan fingerprint density at radius 1 is 1.14 bits per heavy atom. The Morgan fingerprint density at radius 2 is 1.79 bits per heavy atom. The van der Waals surface area contributed by atoms with Gasteiger partial charge in [0.1, 0.15) is 0 Å². The Bertz CT molecular complexity index is 252. The smallest absolute Gasteiger partial charge is 0.0406 e. The van der Waals surface area contributed by atoms with Crippen LogP contribution < -0.4 is 0 Å². The Morgan fingerprint density at radius 3 is 2.29 bits per heavy atom. The van der Waals surface area contributed by atoms with Gasteiger partial charge in [0, 0.05) is 16.2 Å². The van der Waals surface area contributed by atoms with E-state index in [1.807, 2.05) is 12.1 Å². The molecule has 0 spiro atoms. The lowest BCUT2D eigenvalue weighted by molar-refractivity contribution is 0.653. The van der Waals surface area contributed by atoms with Crippen LogP contribution in [0.25, 0.3) is 0 Å². The first-order chi connectivity index (χ1) is 6.77. The van der Waals surface area contributed by atoms with Gasteiger partial charge in [0.25, 0.3) is 0 Å². The van der Waals surface area contributed by atoms with Gasteiger partial charge in [0.05, 0.1) is 0 Å². The number of benzene rings is 1. The minimum absolute atomic E-state index is 0.546. The molecule has 14 heavy (non-hydrogen) atoms. The van der Waals surface area contributed by atoms with Crippen LogP contribution in [0.1, 0.15) is 24.3 Å². The Balaban J connectivity index is 2.71. The van der Waals surface area contributed by atoms with Crippen molar-refractivity contribution >= 4 is 39.1 Å². The van der Waals surface area contributed by atoms with Gasteiger partial charge in [-0.25, -0.2) is 0 Å². The predicted octanol–water partition coefficient (Wildman–Crippen LogP) is 4.84. The fraction of sp³-hybridized carbons (Fsp3) is 0.455. The normalized spacial score (nSPS) is 12.8. The molecule has 0 saturated carbocycles. The van der Waals surface area contributed by atoms with Crippen molar-refractivity contribution in [2.75, 3.05) is 11.2 Å². The quantitative estimate of drug-likeness (QED) is 0.682. The van der Waals surface area contributed by atoms with Crippen LogP contribution in [0.4, 0.5) is 0 Å². The summed E-state index contributed by atoms with van der Waals surface area (Å²) in [4.78, 5) is 0. The highest BCUT2D eigenvalue weighted by Gasteiger charge is 2.09. The zero-order chi connectivity index (χ0) is 10.4. The fourth-order valence-corrected chi connectivity index (χ4v) is 2.42. The number of hydrogen-bond acceptors (Lipinski definition) is 0. The van der Waals surface area contributed by atoms with Gasteiger partial charge in [-0.05, 0) is 36.5 Å². The van der Waals surface area contributed by atoms with Crippen LogP contribution in [-0.4, -0.2) is 11.2 Å².